The minimum atomic E-state index is -4.68. The van der Waals surface area contributed by atoms with Crippen molar-refractivity contribution < 1.29 is 27.9 Å². The molecule has 1 rings (SSSR count). The summed E-state index contributed by atoms with van der Waals surface area (Å²) < 4.78 is 37.8. The molecule has 0 radical (unpaired) electrons. The quantitative estimate of drug-likeness (QED) is 0.856. The summed E-state index contributed by atoms with van der Waals surface area (Å²) in [5, 5.41) is 10.9. The molecule has 0 saturated heterocycles. The number of aliphatic carboxylic acids is 1. The fourth-order valence-electron chi connectivity index (χ4n) is 1.54. The van der Waals surface area contributed by atoms with Gasteiger partial charge in [0.25, 0.3) is 0 Å². The molecule has 0 fully saturated rings. The van der Waals surface area contributed by atoms with E-state index in [-0.39, 0.29) is 4.90 Å². The molecule has 2 N–H and O–H groups in total. The van der Waals surface area contributed by atoms with E-state index in [1.54, 1.807) is 19.1 Å². The number of carboxylic acid groups (broad SMARTS) is 1. The number of urea groups is 1. The molecule has 0 aliphatic rings. The summed E-state index contributed by atoms with van der Waals surface area (Å²) in [6.45, 7) is -1.02. The maximum atomic E-state index is 12.4. The van der Waals surface area contributed by atoms with Crippen molar-refractivity contribution in [2.24, 2.45) is 0 Å². The average Bonchev–Trinajstić information content (AvgIpc) is 2.29. The molecule has 5 nitrogen and oxygen atoms in total. The summed E-state index contributed by atoms with van der Waals surface area (Å²) in [5.41, 5.74) is 0.931. The standard InChI is InChI=1S/C12H12BrF3N2O3/c1-7-4-8(13)2-3-9(7)17-11(21)18(5-10(19)20)6-12(14,15)16/h2-4H,5-6H2,1H3,(H,17,21)(H,19,20). The molecule has 1 aromatic rings. The van der Waals surface area contributed by atoms with Crippen LogP contribution < -0.4 is 5.32 Å². The Morgan fingerprint density at radius 2 is 2.00 bits per heavy atom. The van der Waals surface area contributed by atoms with Crippen molar-refractivity contribution in [2.75, 3.05) is 18.4 Å². The van der Waals surface area contributed by atoms with E-state index in [0.717, 1.165) is 4.47 Å². The lowest BCUT2D eigenvalue weighted by atomic mass is 10.2. The van der Waals surface area contributed by atoms with Gasteiger partial charge in [-0.3, -0.25) is 4.79 Å². The van der Waals surface area contributed by atoms with Gasteiger partial charge < -0.3 is 15.3 Å². The number of carbonyl (C=O) groups excluding carboxylic acids is 1. The van der Waals surface area contributed by atoms with Gasteiger partial charge in [0, 0.05) is 10.2 Å². The van der Waals surface area contributed by atoms with E-state index in [9.17, 15) is 22.8 Å². The first-order valence-electron chi connectivity index (χ1n) is 5.69. The molecule has 0 unspecified atom stereocenters. The molecule has 2 amide bonds. The number of halogens is 4. The van der Waals surface area contributed by atoms with Crippen LogP contribution in [0, 0.1) is 6.92 Å². The van der Waals surface area contributed by atoms with Crippen LogP contribution in [0.25, 0.3) is 0 Å². The topological polar surface area (TPSA) is 69.6 Å². The first-order chi connectivity index (χ1) is 9.58. The molecule has 0 aliphatic carbocycles. The smallest absolute Gasteiger partial charge is 0.406 e. The monoisotopic (exact) mass is 368 g/mol. The highest BCUT2D eigenvalue weighted by Gasteiger charge is 2.34. The Kier molecular flexibility index (Phi) is 5.59. The van der Waals surface area contributed by atoms with Crippen molar-refractivity contribution in [1.29, 1.82) is 0 Å². The van der Waals surface area contributed by atoms with E-state index in [0.29, 0.717) is 11.3 Å². The fraction of sp³-hybridized carbons (Fsp3) is 0.333. The Hall–Kier alpha value is -1.77. The van der Waals surface area contributed by atoms with E-state index in [1.807, 2.05) is 0 Å². The number of hydrogen-bond donors (Lipinski definition) is 2. The van der Waals surface area contributed by atoms with Crippen LogP contribution in [0.3, 0.4) is 0 Å². The lowest BCUT2D eigenvalue weighted by Crippen LogP contribution is -2.44. The van der Waals surface area contributed by atoms with Gasteiger partial charge in [-0.25, -0.2) is 4.79 Å². The molecule has 0 bridgehead atoms. The minimum absolute atomic E-state index is 0.184. The van der Waals surface area contributed by atoms with Crippen LogP contribution in [0.5, 0.6) is 0 Å². The Morgan fingerprint density at radius 1 is 1.38 bits per heavy atom. The first-order valence-corrected chi connectivity index (χ1v) is 6.48. The van der Waals surface area contributed by atoms with Gasteiger partial charge in [0.1, 0.15) is 13.1 Å². The molecule has 0 aromatic heterocycles. The molecule has 21 heavy (non-hydrogen) atoms. The molecule has 0 atom stereocenters. The van der Waals surface area contributed by atoms with Crippen LogP contribution in [-0.4, -0.2) is 41.3 Å². The van der Waals surface area contributed by atoms with Crippen molar-refractivity contribution in [1.82, 2.24) is 4.90 Å². The highest BCUT2D eigenvalue weighted by Crippen LogP contribution is 2.21. The number of aryl methyl sites for hydroxylation is 1. The molecular weight excluding hydrogens is 357 g/mol. The lowest BCUT2D eigenvalue weighted by Gasteiger charge is -2.23. The number of hydrogen-bond acceptors (Lipinski definition) is 2. The van der Waals surface area contributed by atoms with Crippen LogP contribution in [0.2, 0.25) is 0 Å². The molecule has 0 aliphatic heterocycles. The zero-order valence-electron chi connectivity index (χ0n) is 10.9. The Labute approximate surface area is 126 Å². The van der Waals surface area contributed by atoms with Gasteiger partial charge in [0.2, 0.25) is 0 Å². The van der Waals surface area contributed by atoms with E-state index in [2.05, 4.69) is 21.2 Å². The zero-order valence-corrected chi connectivity index (χ0v) is 12.5. The molecule has 0 spiro atoms. The average molecular weight is 369 g/mol. The van der Waals surface area contributed by atoms with Crippen molar-refractivity contribution in [3.05, 3.63) is 28.2 Å². The lowest BCUT2D eigenvalue weighted by molar-refractivity contribution is -0.148. The van der Waals surface area contributed by atoms with E-state index in [4.69, 9.17) is 5.11 Å². The third kappa shape index (κ3) is 6.03. The SMILES string of the molecule is Cc1cc(Br)ccc1NC(=O)N(CC(=O)O)CC(F)(F)F. The summed E-state index contributed by atoms with van der Waals surface area (Å²) in [7, 11) is 0. The summed E-state index contributed by atoms with van der Waals surface area (Å²) in [5.74, 6) is -1.53. The van der Waals surface area contributed by atoms with Crippen LogP contribution >= 0.6 is 15.9 Å². The fourth-order valence-corrected chi connectivity index (χ4v) is 2.02. The highest BCUT2D eigenvalue weighted by atomic mass is 79.9. The first kappa shape index (κ1) is 17.3. The normalized spacial score (nSPS) is 11.1. The van der Waals surface area contributed by atoms with Crippen molar-refractivity contribution in [3.8, 4) is 0 Å². The predicted molar refractivity (Wildman–Crippen MR) is 73.2 cm³/mol. The summed E-state index contributed by atoms with van der Waals surface area (Å²) in [6.07, 6.45) is -4.68. The van der Waals surface area contributed by atoms with Gasteiger partial charge in [-0.05, 0) is 30.7 Å². The van der Waals surface area contributed by atoms with E-state index < -0.39 is 31.3 Å². The Morgan fingerprint density at radius 3 is 2.48 bits per heavy atom. The summed E-state index contributed by atoms with van der Waals surface area (Å²) in [6, 6.07) is 3.65. The van der Waals surface area contributed by atoms with Crippen LogP contribution in [0.4, 0.5) is 23.7 Å². The number of rotatable bonds is 4. The minimum Gasteiger partial charge on any atom is -0.480 e. The van der Waals surface area contributed by atoms with Crippen molar-refractivity contribution in [2.45, 2.75) is 13.1 Å². The number of benzene rings is 1. The number of carboxylic acids is 1. The van der Waals surface area contributed by atoms with Crippen LogP contribution in [0.15, 0.2) is 22.7 Å². The number of amides is 2. The van der Waals surface area contributed by atoms with E-state index >= 15 is 0 Å². The zero-order chi connectivity index (χ0) is 16.2. The van der Waals surface area contributed by atoms with Crippen molar-refractivity contribution >= 4 is 33.6 Å². The van der Waals surface area contributed by atoms with Crippen molar-refractivity contribution in [3.63, 3.8) is 0 Å². The second-order valence-electron chi connectivity index (χ2n) is 4.25. The molecule has 1 aromatic carbocycles. The largest absolute Gasteiger partial charge is 0.480 e. The predicted octanol–water partition coefficient (Wildman–Crippen LogP) is 3.24. The van der Waals surface area contributed by atoms with Gasteiger partial charge in [0.15, 0.2) is 0 Å². The van der Waals surface area contributed by atoms with Gasteiger partial charge >= 0.3 is 18.2 Å². The molecule has 116 valence electrons. The number of anilines is 1. The van der Waals surface area contributed by atoms with Crippen LogP contribution in [-0.2, 0) is 4.79 Å². The second kappa shape index (κ2) is 6.79. The summed E-state index contributed by atoms with van der Waals surface area (Å²) in [4.78, 5) is 22.6. The third-order valence-electron chi connectivity index (χ3n) is 2.41. The number of carbonyl (C=O) groups is 2. The van der Waals surface area contributed by atoms with Gasteiger partial charge in [-0.1, -0.05) is 15.9 Å². The number of nitrogens with one attached hydrogen (secondary N) is 1. The van der Waals surface area contributed by atoms with E-state index in [1.165, 1.54) is 6.07 Å². The maximum Gasteiger partial charge on any atom is 0.406 e. The van der Waals surface area contributed by atoms with Gasteiger partial charge in [-0.15, -0.1) is 0 Å². The number of nitrogens with zero attached hydrogens (tertiary/aromatic N) is 1. The molecular formula is C12H12BrF3N2O3. The molecule has 0 saturated carbocycles. The summed E-state index contributed by atoms with van der Waals surface area (Å²) >= 11 is 3.21. The third-order valence-corrected chi connectivity index (χ3v) is 2.91. The second-order valence-corrected chi connectivity index (χ2v) is 5.17. The van der Waals surface area contributed by atoms with Crippen LogP contribution in [0.1, 0.15) is 5.56 Å². The number of alkyl halides is 3. The Bertz CT molecular complexity index is 549. The van der Waals surface area contributed by atoms with Gasteiger partial charge in [-0.2, -0.15) is 13.2 Å². The molecule has 9 heteroatoms. The maximum absolute atomic E-state index is 12.4. The molecule has 0 heterocycles. The highest BCUT2D eigenvalue weighted by molar-refractivity contribution is 9.10. The Balaban J connectivity index is 2.87. The van der Waals surface area contributed by atoms with Gasteiger partial charge in [0.05, 0.1) is 0 Å².